The molecule has 0 fully saturated rings. The van der Waals surface area contributed by atoms with Crippen molar-refractivity contribution in [2.45, 2.75) is 12.8 Å². The maximum Gasteiger partial charge on any atom is 0.282 e. The summed E-state index contributed by atoms with van der Waals surface area (Å²) in [7, 11) is 0. The molecule has 1 heterocycles. The van der Waals surface area contributed by atoms with Crippen LogP contribution in [0.25, 0.3) is 11.5 Å². The van der Waals surface area contributed by atoms with Crippen molar-refractivity contribution >= 4 is 5.69 Å². The summed E-state index contributed by atoms with van der Waals surface area (Å²) in [5, 5.41) is 14.5. The zero-order valence-corrected chi connectivity index (χ0v) is 9.88. The molecular weight excluding hydrogens is 255 g/mol. The fraction of sp³-hybridized carbons (Fsp3) is 0.273. The van der Waals surface area contributed by atoms with Crippen LogP contribution in [0.1, 0.15) is 12.2 Å². The number of aryl methyl sites for hydroxylation is 1. The standard InChI is InChI=1S/C11H11FN4O3/c12-7-3-4-9(16(17)18)8(6-7)11-14-10(15-19-11)2-1-5-13/h3-4,6H,1-2,5,13H2. The van der Waals surface area contributed by atoms with Crippen molar-refractivity contribution in [1.29, 1.82) is 0 Å². The molecule has 7 nitrogen and oxygen atoms in total. The summed E-state index contributed by atoms with van der Waals surface area (Å²) in [6.45, 7) is 0.476. The molecule has 0 unspecified atom stereocenters. The van der Waals surface area contributed by atoms with Gasteiger partial charge in [0.15, 0.2) is 5.82 Å². The van der Waals surface area contributed by atoms with Crippen LogP contribution >= 0.6 is 0 Å². The first-order valence-electron chi connectivity index (χ1n) is 5.59. The molecule has 8 heteroatoms. The van der Waals surface area contributed by atoms with E-state index in [0.717, 1.165) is 18.2 Å². The van der Waals surface area contributed by atoms with Crippen LogP contribution in [0.2, 0.25) is 0 Å². The highest BCUT2D eigenvalue weighted by molar-refractivity contribution is 5.66. The molecule has 2 aromatic rings. The molecule has 2 rings (SSSR count). The lowest BCUT2D eigenvalue weighted by atomic mass is 10.1. The van der Waals surface area contributed by atoms with Gasteiger partial charge in [-0.05, 0) is 25.1 Å². The van der Waals surface area contributed by atoms with Crippen LogP contribution in [0.4, 0.5) is 10.1 Å². The van der Waals surface area contributed by atoms with Crippen LogP contribution in [0.15, 0.2) is 22.7 Å². The van der Waals surface area contributed by atoms with E-state index in [4.69, 9.17) is 10.3 Å². The predicted molar refractivity (Wildman–Crippen MR) is 63.7 cm³/mol. The van der Waals surface area contributed by atoms with E-state index in [1.807, 2.05) is 0 Å². The number of benzene rings is 1. The van der Waals surface area contributed by atoms with Crippen LogP contribution in [0.3, 0.4) is 0 Å². The van der Waals surface area contributed by atoms with Crippen LogP contribution in [0.5, 0.6) is 0 Å². The molecule has 0 saturated carbocycles. The number of rotatable bonds is 5. The summed E-state index contributed by atoms with van der Waals surface area (Å²) >= 11 is 0. The Morgan fingerprint density at radius 2 is 2.26 bits per heavy atom. The van der Waals surface area contributed by atoms with Crippen molar-refractivity contribution in [2.24, 2.45) is 5.73 Å². The summed E-state index contributed by atoms with van der Waals surface area (Å²) in [6, 6.07) is 3.07. The minimum Gasteiger partial charge on any atom is -0.334 e. The van der Waals surface area contributed by atoms with Gasteiger partial charge in [0.25, 0.3) is 11.6 Å². The highest BCUT2D eigenvalue weighted by Crippen LogP contribution is 2.29. The monoisotopic (exact) mass is 266 g/mol. The lowest BCUT2D eigenvalue weighted by Gasteiger charge is -1.97. The van der Waals surface area contributed by atoms with E-state index in [1.165, 1.54) is 0 Å². The molecular formula is C11H11FN4O3. The lowest BCUT2D eigenvalue weighted by molar-refractivity contribution is -0.384. The molecule has 0 amide bonds. The van der Waals surface area contributed by atoms with E-state index in [0.29, 0.717) is 25.2 Å². The third kappa shape index (κ3) is 2.91. The van der Waals surface area contributed by atoms with Crippen molar-refractivity contribution < 1.29 is 13.8 Å². The first kappa shape index (κ1) is 13.1. The van der Waals surface area contributed by atoms with Gasteiger partial charge in [-0.2, -0.15) is 4.98 Å². The molecule has 0 aliphatic heterocycles. The van der Waals surface area contributed by atoms with Crippen molar-refractivity contribution in [1.82, 2.24) is 10.1 Å². The largest absolute Gasteiger partial charge is 0.334 e. The quantitative estimate of drug-likeness (QED) is 0.651. The Balaban J connectivity index is 2.37. The number of nitro benzene ring substituents is 1. The number of nitrogens with two attached hydrogens (primary N) is 1. The molecule has 0 saturated heterocycles. The third-order valence-electron chi connectivity index (χ3n) is 2.46. The highest BCUT2D eigenvalue weighted by atomic mass is 19.1. The molecule has 0 spiro atoms. The summed E-state index contributed by atoms with van der Waals surface area (Å²) in [5.41, 5.74) is 5.04. The smallest absolute Gasteiger partial charge is 0.282 e. The molecule has 19 heavy (non-hydrogen) atoms. The average molecular weight is 266 g/mol. The van der Waals surface area contributed by atoms with Crippen molar-refractivity contribution in [2.75, 3.05) is 6.54 Å². The van der Waals surface area contributed by atoms with Gasteiger partial charge < -0.3 is 10.3 Å². The van der Waals surface area contributed by atoms with Gasteiger partial charge in [0.05, 0.1) is 4.92 Å². The molecule has 2 N–H and O–H groups in total. The fourth-order valence-electron chi connectivity index (χ4n) is 1.56. The molecule has 0 bridgehead atoms. The van der Waals surface area contributed by atoms with Gasteiger partial charge in [0.2, 0.25) is 0 Å². The predicted octanol–water partition coefficient (Wildman–Crippen LogP) is 1.68. The summed E-state index contributed by atoms with van der Waals surface area (Å²) < 4.78 is 18.1. The summed E-state index contributed by atoms with van der Waals surface area (Å²) in [6.07, 6.45) is 1.17. The number of nitrogens with zero attached hydrogens (tertiary/aromatic N) is 3. The minimum absolute atomic E-state index is 0.0310. The summed E-state index contributed by atoms with van der Waals surface area (Å²) in [5.74, 6) is -0.292. The van der Waals surface area contributed by atoms with Gasteiger partial charge in [0, 0.05) is 12.5 Å². The average Bonchev–Trinajstić information content (AvgIpc) is 2.84. The van der Waals surface area contributed by atoms with Crippen molar-refractivity contribution in [3.05, 3.63) is 40.0 Å². The Morgan fingerprint density at radius 3 is 2.95 bits per heavy atom. The van der Waals surface area contributed by atoms with E-state index >= 15 is 0 Å². The maximum atomic E-state index is 13.2. The number of hydrogen-bond acceptors (Lipinski definition) is 6. The van der Waals surface area contributed by atoms with Gasteiger partial charge in [-0.1, -0.05) is 5.16 Å². The number of halogens is 1. The van der Waals surface area contributed by atoms with Gasteiger partial charge >= 0.3 is 0 Å². The van der Waals surface area contributed by atoms with Gasteiger partial charge in [0.1, 0.15) is 11.4 Å². The molecule has 0 radical (unpaired) electrons. The van der Waals surface area contributed by atoms with Crippen molar-refractivity contribution in [3.8, 4) is 11.5 Å². The summed E-state index contributed by atoms with van der Waals surface area (Å²) in [4.78, 5) is 14.2. The molecule has 0 aliphatic rings. The molecule has 1 aromatic carbocycles. The van der Waals surface area contributed by atoms with Crippen LogP contribution in [0, 0.1) is 15.9 Å². The minimum atomic E-state index is -0.626. The normalized spacial score (nSPS) is 10.6. The first-order chi connectivity index (χ1) is 9.11. The third-order valence-corrected chi connectivity index (χ3v) is 2.46. The topological polar surface area (TPSA) is 108 Å². The zero-order valence-electron chi connectivity index (χ0n) is 9.88. The first-order valence-corrected chi connectivity index (χ1v) is 5.59. The van der Waals surface area contributed by atoms with Crippen molar-refractivity contribution in [3.63, 3.8) is 0 Å². The highest BCUT2D eigenvalue weighted by Gasteiger charge is 2.21. The SMILES string of the molecule is NCCCc1noc(-c2cc(F)ccc2[N+](=O)[O-])n1. The van der Waals surface area contributed by atoms with E-state index in [1.54, 1.807) is 0 Å². The number of hydrogen-bond donors (Lipinski definition) is 1. The van der Waals surface area contributed by atoms with E-state index < -0.39 is 10.7 Å². The Morgan fingerprint density at radius 1 is 1.47 bits per heavy atom. The second kappa shape index (κ2) is 5.53. The number of aromatic nitrogens is 2. The molecule has 100 valence electrons. The second-order valence-corrected chi connectivity index (χ2v) is 3.83. The van der Waals surface area contributed by atoms with E-state index in [2.05, 4.69) is 10.1 Å². The van der Waals surface area contributed by atoms with E-state index in [9.17, 15) is 14.5 Å². The van der Waals surface area contributed by atoms with Crippen LogP contribution in [-0.4, -0.2) is 21.6 Å². The lowest BCUT2D eigenvalue weighted by Crippen LogP contribution is -2.01. The maximum absolute atomic E-state index is 13.2. The Kier molecular flexibility index (Phi) is 3.81. The van der Waals surface area contributed by atoms with Crippen LogP contribution in [-0.2, 0) is 6.42 Å². The number of nitro groups is 1. The van der Waals surface area contributed by atoms with Gasteiger partial charge in [-0.3, -0.25) is 10.1 Å². The Hall–Kier alpha value is -2.35. The second-order valence-electron chi connectivity index (χ2n) is 3.83. The van der Waals surface area contributed by atoms with Gasteiger partial charge in [-0.15, -0.1) is 0 Å². The van der Waals surface area contributed by atoms with Crippen LogP contribution < -0.4 is 5.73 Å². The molecule has 1 aromatic heterocycles. The molecule has 0 aliphatic carbocycles. The van der Waals surface area contributed by atoms with E-state index in [-0.39, 0.29) is 17.1 Å². The molecule has 0 atom stereocenters. The zero-order chi connectivity index (χ0) is 13.8. The van der Waals surface area contributed by atoms with Gasteiger partial charge in [-0.25, -0.2) is 4.39 Å². The Labute approximate surface area is 107 Å². The fourth-order valence-corrected chi connectivity index (χ4v) is 1.56. The Bertz CT molecular complexity index is 599.